The molecule has 6 nitrogen and oxygen atoms in total. The van der Waals surface area contributed by atoms with E-state index in [1.807, 2.05) is 30.3 Å². The van der Waals surface area contributed by atoms with Crippen molar-refractivity contribution in [1.82, 2.24) is 20.2 Å². The van der Waals surface area contributed by atoms with Gasteiger partial charge < -0.3 is 5.73 Å². The summed E-state index contributed by atoms with van der Waals surface area (Å²) in [6.07, 6.45) is 0.533. The molecule has 0 aliphatic rings. The van der Waals surface area contributed by atoms with Crippen LogP contribution in [0.2, 0.25) is 0 Å². The van der Waals surface area contributed by atoms with Crippen molar-refractivity contribution in [3.05, 3.63) is 35.9 Å². The lowest BCUT2D eigenvalue weighted by molar-refractivity contribution is 0.559. The average molecular weight is 274 g/mol. The van der Waals surface area contributed by atoms with Gasteiger partial charge in [0.25, 0.3) is 0 Å². The molecule has 1 heterocycles. The zero-order valence-corrected chi connectivity index (χ0v) is 11.3. The van der Waals surface area contributed by atoms with Gasteiger partial charge in [-0.25, -0.2) is 4.68 Å². The predicted molar refractivity (Wildman–Crippen MR) is 72.1 cm³/mol. The molecule has 0 fully saturated rings. The predicted octanol–water partition coefficient (Wildman–Crippen LogP) is 1.07. The van der Waals surface area contributed by atoms with Crippen LogP contribution in [0.1, 0.15) is 12.0 Å². The Bertz CT molecular complexity index is 575. The molecule has 0 radical (unpaired) electrons. The third kappa shape index (κ3) is 3.10. The van der Waals surface area contributed by atoms with Crippen molar-refractivity contribution in [2.24, 2.45) is 12.8 Å². The second kappa shape index (κ2) is 5.82. The molecule has 98 valence electrons. The highest BCUT2D eigenvalue weighted by Crippen LogP contribution is 2.25. The van der Waals surface area contributed by atoms with Crippen LogP contribution in [0, 0.1) is 11.3 Å². The first-order valence-electron chi connectivity index (χ1n) is 5.76. The highest BCUT2D eigenvalue weighted by molar-refractivity contribution is 7.99. The molecular formula is C12H14N6S. The number of nitriles is 1. The van der Waals surface area contributed by atoms with E-state index in [9.17, 15) is 5.26 Å². The van der Waals surface area contributed by atoms with Gasteiger partial charge in [-0.15, -0.1) is 5.10 Å². The zero-order chi connectivity index (χ0) is 13.7. The number of hydrogen-bond acceptors (Lipinski definition) is 6. The van der Waals surface area contributed by atoms with Crippen LogP contribution in [0.4, 0.5) is 0 Å². The van der Waals surface area contributed by atoms with Crippen LogP contribution in [0.25, 0.3) is 0 Å². The van der Waals surface area contributed by atoms with Gasteiger partial charge in [0, 0.05) is 12.8 Å². The van der Waals surface area contributed by atoms with Crippen LogP contribution >= 0.6 is 11.8 Å². The summed E-state index contributed by atoms with van der Waals surface area (Å²) in [6.45, 7) is 0. The highest BCUT2D eigenvalue weighted by atomic mass is 32.2. The Morgan fingerprint density at radius 1 is 1.42 bits per heavy atom. The van der Waals surface area contributed by atoms with Gasteiger partial charge in [-0.1, -0.05) is 42.1 Å². The first kappa shape index (κ1) is 13.5. The number of nitrogens with zero attached hydrogens (tertiary/aromatic N) is 5. The second-order valence-electron chi connectivity index (χ2n) is 4.13. The lowest BCUT2D eigenvalue weighted by atomic mass is 9.90. The van der Waals surface area contributed by atoms with Gasteiger partial charge in [0.15, 0.2) is 0 Å². The average Bonchev–Trinajstić information content (AvgIpc) is 2.85. The van der Waals surface area contributed by atoms with E-state index in [1.165, 1.54) is 11.8 Å². The van der Waals surface area contributed by atoms with E-state index in [0.29, 0.717) is 17.3 Å². The summed E-state index contributed by atoms with van der Waals surface area (Å²) >= 11 is 1.49. The smallest absolute Gasteiger partial charge is 0.209 e. The minimum Gasteiger partial charge on any atom is -0.310 e. The highest BCUT2D eigenvalue weighted by Gasteiger charge is 2.26. The minimum absolute atomic E-state index is 0.533. The summed E-state index contributed by atoms with van der Waals surface area (Å²) in [5, 5.41) is 21.2. The molecule has 0 aliphatic heterocycles. The largest absolute Gasteiger partial charge is 0.310 e. The van der Waals surface area contributed by atoms with Gasteiger partial charge >= 0.3 is 0 Å². The van der Waals surface area contributed by atoms with Gasteiger partial charge in [-0.05, 0) is 22.4 Å². The van der Waals surface area contributed by atoms with E-state index in [0.717, 1.165) is 5.56 Å². The van der Waals surface area contributed by atoms with Crippen molar-refractivity contribution in [3.63, 3.8) is 0 Å². The summed E-state index contributed by atoms with van der Waals surface area (Å²) in [6, 6.07) is 11.6. The van der Waals surface area contributed by atoms with Crippen molar-refractivity contribution >= 4 is 11.8 Å². The molecule has 2 rings (SSSR count). The van der Waals surface area contributed by atoms with Crippen molar-refractivity contribution in [2.45, 2.75) is 17.1 Å². The molecule has 1 aromatic carbocycles. The molecular weight excluding hydrogens is 260 g/mol. The molecule has 1 aromatic heterocycles. The standard InChI is InChI=1S/C12H14N6S/c1-18-11(15-16-17-18)19-8-7-12(14,9-13)10-5-3-2-4-6-10/h2-6H,7-8,14H2,1H3. The van der Waals surface area contributed by atoms with Crippen molar-refractivity contribution in [3.8, 4) is 6.07 Å². The number of aromatic nitrogens is 4. The van der Waals surface area contributed by atoms with Gasteiger partial charge in [0.05, 0.1) is 6.07 Å². The van der Waals surface area contributed by atoms with E-state index >= 15 is 0 Å². The molecule has 19 heavy (non-hydrogen) atoms. The van der Waals surface area contributed by atoms with Crippen molar-refractivity contribution in [2.75, 3.05) is 5.75 Å². The van der Waals surface area contributed by atoms with E-state index < -0.39 is 5.54 Å². The fourth-order valence-electron chi connectivity index (χ4n) is 1.65. The third-order valence-corrected chi connectivity index (χ3v) is 3.81. The molecule has 0 spiro atoms. The Balaban J connectivity index is 2.01. The van der Waals surface area contributed by atoms with Gasteiger partial charge in [-0.2, -0.15) is 5.26 Å². The third-order valence-electron chi connectivity index (χ3n) is 2.80. The fraction of sp³-hybridized carbons (Fsp3) is 0.333. The SMILES string of the molecule is Cn1nnnc1SCCC(N)(C#N)c1ccccc1. The van der Waals surface area contributed by atoms with E-state index in [-0.39, 0.29) is 0 Å². The Morgan fingerprint density at radius 2 is 2.16 bits per heavy atom. The van der Waals surface area contributed by atoms with Gasteiger partial charge in [0.1, 0.15) is 5.54 Å². The molecule has 0 saturated carbocycles. The molecule has 2 aromatic rings. The van der Waals surface area contributed by atoms with Crippen LogP contribution < -0.4 is 5.73 Å². The second-order valence-corrected chi connectivity index (χ2v) is 5.19. The first-order valence-corrected chi connectivity index (χ1v) is 6.75. The van der Waals surface area contributed by atoms with Crippen LogP contribution in [0.15, 0.2) is 35.5 Å². The molecule has 2 N–H and O–H groups in total. The fourth-order valence-corrected chi connectivity index (χ4v) is 2.57. The van der Waals surface area contributed by atoms with E-state index in [1.54, 1.807) is 11.7 Å². The summed E-state index contributed by atoms with van der Waals surface area (Å²) in [5.74, 6) is 0.674. The lowest BCUT2D eigenvalue weighted by Crippen LogP contribution is -2.35. The minimum atomic E-state index is -0.972. The quantitative estimate of drug-likeness (QED) is 0.820. The Kier molecular flexibility index (Phi) is 4.14. The molecule has 7 heteroatoms. The first-order chi connectivity index (χ1) is 9.15. The molecule has 1 unspecified atom stereocenters. The summed E-state index contributed by atoms with van der Waals surface area (Å²) in [7, 11) is 1.78. The topological polar surface area (TPSA) is 93.4 Å². The van der Waals surface area contributed by atoms with Crippen LogP contribution in [0.3, 0.4) is 0 Å². The van der Waals surface area contributed by atoms with Crippen LogP contribution in [-0.4, -0.2) is 26.0 Å². The number of nitrogens with two attached hydrogens (primary N) is 1. The number of tetrazole rings is 1. The normalized spacial score (nSPS) is 13.7. The zero-order valence-electron chi connectivity index (χ0n) is 10.5. The number of aryl methyl sites for hydroxylation is 1. The number of rotatable bonds is 5. The lowest BCUT2D eigenvalue weighted by Gasteiger charge is -2.21. The molecule has 0 aliphatic carbocycles. The number of thioether (sulfide) groups is 1. The van der Waals surface area contributed by atoms with Crippen molar-refractivity contribution < 1.29 is 0 Å². The Morgan fingerprint density at radius 3 is 2.74 bits per heavy atom. The van der Waals surface area contributed by atoms with Crippen molar-refractivity contribution in [1.29, 1.82) is 5.26 Å². The molecule has 0 amide bonds. The maximum absolute atomic E-state index is 9.32. The van der Waals surface area contributed by atoms with Gasteiger partial charge in [0.2, 0.25) is 5.16 Å². The molecule has 1 atom stereocenters. The maximum Gasteiger partial charge on any atom is 0.209 e. The van der Waals surface area contributed by atoms with Gasteiger partial charge in [-0.3, -0.25) is 0 Å². The monoisotopic (exact) mass is 274 g/mol. The Hall–Kier alpha value is -1.91. The maximum atomic E-state index is 9.32. The molecule has 0 bridgehead atoms. The molecule has 0 saturated heterocycles. The van der Waals surface area contributed by atoms with Crippen LogP contribution in [0.5, 0.6) is 0 Å². The number of benzene rings is 1. The summed E-state index contributed by atoms with van der Waals surface area (Å²) in [5.41, 5.74) is 6.02. The summed E-state index contributed by atoms with van der Waals surface area (Å²) in [4.78, 5) is 0. The Labute approximate surface area is 115 Å². The van der Waals surface area contributed by atoms with E-state index in [4.69, 9.17) is 5.73 Å². The number of hydrogen-bond donors (Lipinski definition) is 1. The van der Waals surface area contributed by atoms with E-state index in [2.05, 4.69) is 21.6 Å². The summed E-state index contributed by atoms with van der Waals surface area (Å²) < 4.78 is 1.59. The van der Waals surface area contributed by atoms with Crippen LogP contribution in [-0.2, 0) is 12.6 Å².